The first-order valence-electron chi connectivity index (χ1n) is 42.2. The van der Waals surface area contributed by atoms with Crippen LogP contribution in [0.1, 0.15) is 79.0 Å². The number of primary amides is 1. The van der Waals surface area contributed by atoms with Gasteiger partial charge in [-0.25, -0.2) is 4.98 Å². The van der Waals surface area contributed by atoms with Crippen molar-refractivity contribution < 1.29 is 86.0 Å². The molecule has 10 aromatic rings. The van der Waals surface area contributed by atoms with E-state index >= 15 is 14.4 Å². The lowest BCUT2D eigenvalue weighted by Gasteiger charge is -2.42. The SMILES string of the molecule is NC(=O)C12C(=O)COC1CCN2C(=O)C(Cc1ccc(Cl)cc1)N(C(=O)c1ccc(Oc2ccccc2)cc1)C(Cc1ccc(Cl)cc1)C(=O)N1CCC2OCC(=O)C21.O=C(NC(Cc1ccc(Cl)cc1)C(=O)N1CCC2OCC(=O)C21)c1ccc(-n2ccnc2)cc1.O=C(NC(Cc1ccc(Cl)cc1)C(=O)N1CCC2OCC(=O)C21)c1cccc(Oc2ccccc2)c1. The van der Waals surface area contributed by atoms with Gasteiger partial charge in [0.1, 0.15) is 91.7 Å². The quantitative estimate of drug-likeness (QED) is 0.0447. The smallest absolute Gasteiger partial charge is 0.255 e. The van der Waals surface area contributed by atoms with Crippen molar-refractivity contribution in [1.29, 1.82) is 0 Å². The molecule has 0 radical (unpaired) electrons. The van der Waals surface area contributed by atoms with Gasteiger partial charge in [0.05, 0.1) is 30.7 Å². The molecule has 1 aromatic heterocycles. The third-order valence-electron chi connectivity index (χ3n) is 24.3. The number of hydrogen-bond acceptors (Lipinski definition) is 19. The number of benzene rings is 9. The predicted molar refractivity (Wildman–Crippen MR) is 474 cm³/mol. The molecule has 8 saturated heterocycles. The van der Waals surface area contributed by atoms with Gasteiger partial charge in [-0.2, -0.15) is 0 Å². The van der Waals surface area contributed by atoms with Crippen molar-refractivity contribution >= 4 is 117 Å². The number of amides is 8. The Bertz CT molecular complexity index is 5830. The van der Waals surface area contributed by atoms with Crippen molar-refractivity contribution in [3.8, 4) is 28.7 Å². The van der Waals surface area contributed by atoms with Crippen LogP contribution in [0.5, 0.6) is 23.0 Å². The Hall–Kier alpha value is -12.8. The van der Waals surface area contributed by atoms with E-state index in [2.05, 4.69) is 15.6 Å². The summed E-state index contributed by atoms with van der Waals surface area (Å²) in [6, 6.07) is 59.4. The Labute approximate surface area is 761 Å². The number of ketones is 4. The highest BCUT2D eigenvalue weighted by Crippen LogP contribution is 2.41. The summed E-state index contributed by atoms with van der Waals surface area (Å²) in [5.41, 5.74) is 8.47. The minimum atomic E-state index is -2.12. The number of para-hydroxylation sites is 2. The molecule has 662 valence electrons. The van der Waals surface area contributed by atoms with Crippen LogP contribution in [0.15, 0.2) is 249 Å². The molecule has 8 aliphatic heterocycles. The minimum absolute atomic E-state index is 0.0154. The van der Waals surface area contributed by atoms with Gasteiger partial charge in [0, 0.05) is 107 Å². The zero-order valence-corrected chi connectivity index (χ0v) is 72.4. The Balaban J connectivity index is 0.000000150. The first-order valence-corrected chi connectivity index (χ1v) is 43.7. The second-order valence-electron chi connectivity index (χ2n) is 32.4. The Morgan fingerprint density at radius 2 is 0.845 bits per heavy atom. The lowest BCUT2D eigenvalue weighted by atomic mass is 9.88. The van der Waals surface area contributed by atoms with Gasteiger partial charge in [0.15, 0.2) is 23.1 Å². The molecule has 8 fully saturated rings. The number of nitrogens with zero attached hydrogens (tertiary/aromatic N) is 7. The fourth-order valence-corrected chi connectivity index (χ4v) is 18.5. The maximum atomic E-state index is 15.5. The number of halogens is 4. The van der Waals surface area contributed by atoms with E-state index in [-0.39, 0.29) is 118 Å². The number of Topliss-reactive ketones (excluding diaryl/α,β-unsaturated/α-hetero) is 4. The second-order valence-corrected chi connectivity index (χ2v) is 34.1. The topological polar surface area (TPSA) is 344 Å². The molecule has 0 spiro atoms. The zero-order chi connectivity index (χ0) is 90.1. The number of nitrogens with two attached hydrogens (primary N) is 1. The average Bonchev–Trinajstić information content (AvgIpc) is 1.56. The molecule has 8 aliphatic rings. The number of carbonyl (C=O) groups is 12. The fourth-order valence-electron chi connectivity index (χ4n) is 18.0. The van der Waals surface area contributed by atoms with E-state index in [0.29, 0.717) is 97.7 Å². The second kappa shape index (κ2) is 39.9. The molecule has 0 aliphatic carbocycles. The van der Waals surface area contributed by atoms with Gasteiger partial charge < -0.3 is 73.9 Å². The summed E-state index contributed by atoms with van der Waals surface area (Å²) in [5.74, 6) is -3.48. The fraction of sp³-hybridized carbons (Fsp3) is 0.289. The van der Waals surface area contributed by atoms with Gasteiger partial charge in [0.25, 0.3) is 23.6 Å². The molecule has 12 atom stereocenters. The van der Waals surface area contributed by atoms with Gasteiger partial charge in [-0.3, -0.25) is 57.5 Å². The average molecular weight is 1820 g/mol. The number of ether oxygens (including phenoxy) is 6. The standard InChI is InChI=1S/C44H40Cl2N4O9.C28H25ClN2O5.C25H23ClN4O4/c45-29-12-6-26(7-13-29)22-33(41(54)48-20-18-36-39(48)35(51)24-57-36)50(40(53)28-10-16-32(17-11-28)59-31-4-2-1-3-5-31)34(23-27-8-14-30(46)15-9-27)42(55)49-21-19-38-44(49,43(47)56)37(52)25-58-38;29-20-11-9-18(10-12-20)15-23(28(34)31-14-13-25-26(31)24(32)17-35-25)30-27(33)19-5-4-8-22(16-19)36-21-6-2-1-3-7-21;26-18-5-1-16(2-6-18)13-20(25(33)30-11-9-22-23(30)21(31)14-34-22)28-24(32)17-3-7-19(8-4-17)29-12-10-27-15-29/h1-17,33-34,36,38-39H,18-25H2,(H2,47,56);1-12,16,23,25-26H,13-15,17H2,(H,30,33);1-8,10,12,15,20,22-23H,9,11,13-14H2,(H,28,32). The van der Waals surface area contributed by atoms with Crippen molar-refractivity contribution in [2.45, 2.75) is 124 Å². The highest BCUT2D eigenvalue weighted by Gasteiger charge is 2.66. The summed E-state index contributed by atoms with van der Waals surface area (Å²) in [6.07, 6.45) is 5.13. The molecule has 18 rings (SSSR count). The van der Waals surface area contributed by atoms with Gasteiger partial charge in [-0.1, -0.05) is 137 Å². The molecule has 8 amide bonds. The molecule has 9 aromatic carbocycles. The number of fused-ring (bicyclic) bond motifs is 4. The van der Waals surface area contributed by atoms with Gasteiger partial charge in [0.2, 0.25) is 29.2 Å². The molecule has 0 saturated carbocycles. The lowest BCUT2D eigenvalue weighted by Crippen LogP contribution is -2.68. The number of carbonyl (C=O) groups excluding carboxylic acids is 12. The Morgan fingerprint density at radius 3 is 1.29 bits per heavy atom. The molecule has 129 heavy (non-hydrogen) atoms. The third kappa shape index (κ3) is 19.9. The molecule has 32 heteroatoms. The Morgan fingerprint density at radius 1 is 0.434 bits per heavy atom. The van der Waals surface area contributed by atoms with E-state index < -0.39 is 102 Å². The van der Waals surface area contributed by atoms with Crippen LogP contribution in [0.3, 0.4) is 0 Å². The van der Waals surface area contributed by atoms with Crippen molar-refractivity contribution in [1.82, 2.24) is 44.7 Å². The Kier molecular flexibility index (Phi) is 27.7. The van der Waals surface area contributed by atoms with E-state index in [1.54, 1.807) is 156 Å². The summed E-state index contributed by atoms with van der Waals surface area (Å²) >= 11 is 24.6. The summed E-state index contributed by atoms with van der Waals surface area (Å²) in [4.78, 5) is 176. The van der Waals surface area contributed by atoms with E-state index in [0.717, 1.165) is 21.7 Å². The van der Waals surface area contributed by atoms with Crippen molar-refractivity contribution in [3.63, 3.8) is 0 Å². The van der Waals surface area contributed by atoms with Crippen LogP contribution in [0.2, 0.25) is 20.1 Å². The van der Waals surface area contributed by atoms with Crippen LogP contribution in [0, 0.1) is 0 Å². The molecular formula is C97H88Cl4N10O18. The van der Waals surface area contributed by atoms with Crippen LogP contribution >= 0.6 is 46.4 Å². The van der Waals surface area contributed by atoms with Crippen LogP contribution in [0.25, 0.3) is 5.69 Å². The normalized spacial score (nSPS) is 21.4. The summed E-state index contributed by atoms with van der Waals surface area (Å²) in [7, 11) is 0. The number of hydrogen-bond donors (Lipinski definition) is 3. The number of nitrogens with one attached hydrogen (secondary N) is 2. The highest BCUT2D eigenvalue weighted by molar-refractivity contribution is 6.31. The van der Waals surface area contributed by atoms with E-state index in [1.165, 1.54) is 21.9 Å². The maximum Gasteiger partial charge on any atom is 0.255 e. The minimum Gasteiger partial charge on any atom is -0.457 e. The van der Waals surface area contributed by atoms with Crippen molar-refractivity contribution in [2.75, 3.05) is 52.6 Å². The predicted octanol–water partition coefficient (Wildman–Crippen LogP) is 10.9. The number of aromatic nitrogens is 2. The van der Waals surface area contributed by atoms with Crippen LogP contribution in [-0.4, -0.2) is 229 Å². The van der Waals surface area contributed by atoms with E-state index in [1.807, 2.05) is 95.7 Å². The largest absolute Gasteiger partial charge is 0.457 e. The van der Waals surface area contributed by atoms with E-state index in [9.17, 15) is 43.2 Å². The first kappa shape index (κ1) is 89.6. The van der Waals surface area contributed by atoms with Crippen molar-refractivity contribution in [3.05, 3.63) is 308 Å². The van der Waals surface area contributed by atoms with Crippen LogP contribution in [-0.2, 0) is 87.8 Å². The van der Waals surface area contributed by atoms with Crippen LogP contribution < -0.4 is 25.8 Å². The zero-order valence-electron chi connectivity index (χ0n) is 69.4. The third-order valence-corrected chi connectivity index (χ3v) is 25.3. The lowest BCUT2D eigenvalue weighted by molar-refractivity contribution is -0.154. The first-order chi connectivity index (χ1) is 62.4. The summed E-state index contributed by atoms with van der Waals surface area (Å²) < 4.78 is 36.2. The maximum absolute atomic E-state index is 15.5. The molecule has 12 unspecified atom stereocenters. The molecule has 9 heterocycles. The number of imidazole rings is 1. The molecule has 0 bridgehead atoms. The van der Waals surface area contributed by atoms with Crippen LogP contribution in [0.4, 0.5) is 0 Å². The molecular weight excluding hydrogens is 1730 g/mol. The van der Waals surface area contributed by atoms with E-state index in [4.69, 9.17) is 80.6 Å². The summed E-state index contributed by atoms with van der Waals surface area (Å²) in [6.45, 7) is 0.383. The molecule has 4 N–H and O–H groups in total. The number of rotatable bonds is 25. The van der Waals surface area contributed by atoms with Gasteiger partial charge in [-0.05, 0) is 187 Å². The monoisotopic (exact) mass is 1820 g/mol. The number of likely N-dealkylation sites (tertiary alicyclic amines) is 4. The molecule has 28 nitrogen and oxygen atoms in total. The van der Waals surface area contributed by atoms with Crippen molar-refractivity contribution in [2.24, 2.45) is 5.73 Å². The highest BCUT2D eigenvalue weighted by atomic mass is 35.5. The van der Waals surface area contributed by atoms with Gasteiger partial charge in [-0.15, -0.1) is 0 Å². The summed E-state index contributed by atoms with van der Waals surface area (Å²) in [5, 5.41) is 7.81. The van der Waals surface area contributed by atoms with Gasteiger partial charge >= 0.3 is 0 Å².